The zero-order valence-corrected chi connectivity index (χ0v) is 13.6. The Morgan fingerprint density at radius 2 is 1.88 bits per heavy atom. The Balaban J connectivity index is 1.74. The molecule has 0 saturated carbocycles. The summed E-state index contributed by atoms with van der Waals surface area (Å²) in [6, 6.07) is 9.26. The van der Waals surface area contributed by atoms with Gasteiger partial charge in [0, 0.05) is 25.9 Å². The van der Waals surface area contributed by atoms with Gasteiger partial charge in [-0.1, -0.05) is 18.2 Å². The Labute approximate surface area is 142 Å². The fourth-order valence-electron chi connectivity index (χ4n) is 2.72. The van der Waals surface area contributed by atoms with Crippen LogP contribution in [0.25, 0.3) is 0 Å². The maximum Gasteiger partial charge on any atom is 0.348 e. The van der Waals surface area contributed by atoms with Crippen molar-refractivity contribution in [1.82, 2.24) is 4.90 Å². The summed E-state index contributed by atoms with van der Waals surface area (Å²) < 4.78 is 19.3. The van der Waals surface area contributed by atoms with Crippen molar-refractivity contribution in [3.63, 3.8) is 0 Å². The molecular formula is C17H16FNO4S. The molecule has 0 aliphatic carbocycles. The molecule has 2 aromatic rings. The predicted octanol–water partition coefficient (Wildman–Crippen LogP) is 3.03. The number of piperidine rings is 1. The third-order valence-electron chi connectivity index (χ3n) is 4.12. The minimum atomic E-state index is -1.52. The van der Waals surface area contributed by atoms with Gasteiger partial charge in [0.15, 0.2) is 11.6 Å². The molecule has 24 heavy (non-hydrogen) atoms. The summed E-state index contributed by atoms with van der Waals surface area (Å²) in [4.78, 5) is 26.3. The lowest BCUT2D eigenvalue weighted by molar-refractivity contribution is -0.159. The average molecular weight is 349 g/mol. The molecule has 1 aliphatic rings. The van der Waals surface area contributed by atoms with Crippen LogP contribution in [0.3, 0.4) is 0 Å². The number of nitrogens with zero attached hydrogens (tertiary/aromatic N) is 1. The first-order valence-corrected chi connectivity index (χ1v) is 8.39. The lowest BCUT2D eigenvalue weighted by Crippen LogP contribution is -2.54. The molecule has 0 atom stereocenters. The van der Waals surface area contributed by atoms with Crippen LogP contribution in [0, 0.1) is 5.82 Å². The van der Waals surface area contributed by atoms with Gasteiger partial charge in [-0.25, -0.2) is 9.18 Å². The molecular weight excluding hydrogens is 333 g/mol. The summed E-state index contributed by atoms with van der Waals surface area (Å²) in [6.07, 6.45) is 0.210. The molecule has 0 radical (unpaired) electrons. The fraction of sp³-hybridized carbons (Fsp3) is 0.294. The van der Waals surface area contributed by atoms with Crippen molar-refractivity contribution in [3.8, 4) is 5.75 Å². The van der Waals surface area contributed by atoms with Gasteiger partial charge in [-0.15, -0.1) is 11.3 Å². The highest BCUT2D eigenvalue weighted by Gasteiger charge is 2.45. The number of likely N-dealkylation sites (tertiary alicyclic amines) is 1. The molecule has 1 fully saturated rings. The van der Waals surface area contributed by atoms with Crippen LogP contribution in [0.1, 0.15) is 22.5 Å². The second-order valence-electron chi connectivity index (χ2n) is 5.60. The maximum absolute atomic E-state index is 13.8. The Hall–Kier alpha value is -2.41. The van der Waals surface area contributed by atoms with Gasteiger partial charge in [0.2, 0.25) is 5.60 Å². The van der Waals surface area contributed by atoms with Gasteiger partial charge in [0.05, 0.1) is 4.88 Å². The van der Waals surface area contributed by atoms with Crippen LogP contribution in [0.5, 0.6) is 5.75 Å². The summed E-state index contributed by atoms with van der Waals surface area (Å²) in [5.74, 6) is -1.95. The van der Waals surface area contributed by atoms with Gasteiger partial charge in [-0.05, 0) is 23.6 Å². The van der Waals surface area contributed by atoms with E-state index in [1.807, 2.05) is 5.38 Å². The van der Waals surface area contributed by atoms with E-state index in [2.05, 4.69) is 0 Å². The van der Waals surface area contributed by atoms with E-state index in [0.717, 1.165) is 0 Å². The first kappa shape index (κ1) is 16.4. The van der Waals surface area contributed by atoms with Crippen LogP contribution in [0.4, 0.5) is 4.39 Å². The van der Waals surface area contributed by atoms with E-state index in [9.17, 15) is 19.1 Å². The minimum absolute atomic E-state index is 0.0852. The number of hydrogen-bond donors (Lipinski definition) is 1. The number of benzene rings is 1. The number of halogens is 1. The zero-order chi connectivity index (χ0) is 17.2. The summed E-state index contributed by atoms with van der Waals surface area (Å²) in [6.45, 7) is 0.495. The van der Waals surface area contributed by atoms with Crippen LogP contribution in [-0.2, 0) is 4.79 Å². The number of aliphatic carboxylic acids is 1. The maximum atomic E-state index is 13.8. The topological polar surface area (TPSA) is 66.8 Å². The van der Waals surface area contributed by atoms with Gasteiger partial charge in [0.25, 0.3) is 5.91 Å². The van der Waals surface area contributed by atoms with E-state index in [-0.39, 0.29) is 37.6 Å². The van der Waals surface area contributed by atoms with Gasteiger partial charge in [0.1, 0.15) is 0 Å². The molecule has 1 amide bonds. The smallest absolute Gasteiger partial charge is 0.348 e. The number of amides is 1. The van der Waals surface area contributed by atoms with E-state index in [1.54, 1.807) is 23.1 Å². The van der Waals surface area contributed by atoms with Crippen molar-refractivity contribution >= 4 is 23.2 Å². The Morgan fingerprint density at radius 3 is 2.46 bits per heavy atom. The molecule has 1 aromatic carbocycles. The van der Waals surface area contributed by atoms with Crippen molar-refractivity contribution < 1.29 is 23.8 Å². The van der Waals surface area contributed by atoms with E-state index >= 15 is 0 Å². The van der Waals surface area contributed by atoms with Crippen LogP contribution in [0.15, 0.2) is 41.8 Å². The normalized spacial score (nSPS) is 16.6. The quantitative estimate of drug-likeness (QED) is 0.921. The lowest BCUT2D eigenvalue weighted by atomic mass is 9.91. The molecule has 126 valence electrons. The minimum Gasteiger partial charge on any atom is -0.478 e. The number of ether oxygens (including phenoxy) is 1. The number of carbonyl (C=O) groups excluding carboxylic acids is 1. The number of carboxylic acid groups (broad SMARTS) is 1. The van der Waals surface area contributed by atoms with Gasteiger partial charge >= 0.3 is 5.97 Å². The summed E-state index contributed by atoms with van der Waals surface area (Å²) in [5.41, 5.74) is -1.52. The predicted molar refractivity (Wildman–Crippen MR) is 86.9 cm³/mol. The third kappa shape index (κ3) is 3.12. The van der Waals surface area contributed by atoms with E-state index in [4.69, 9.17) is 4.74 Å². The van der Waals surface area contributed by atoms with Crippen LogP contribution < -0.4 is 4.74 Å². The number of thiophene rings is 1. The van der Waals surface area contributed by atoms with Crippen molar-refractivity contribution in [3.05, 3.63) is 52.5 Å². The van der Waals surface area contributed by atoms with E-state index in [0.29, 0.717) is 4.88 Å². The van der Waals surface area contributed by atoms with Gasteiger partial charge < -0.3 is 14.7 Å². The average Bonchev–Trinajstić information content (AvgIpc) is 3.11. The second-order valence-corrected chi connectivity index (χ2v) is 6.55. The molecule has 7 heteroatoms. The SMILES string of the molecule is O=C(c1cccs1)N1CCC(Oc2ccccc2F)(C(=O)O)CC1. The molecule has 0 bridgehead atoms. The zero-order valence-electron chi connectivity index (χ0n) is 12.8. The second kappa shape index (κ2) is 6.60. The largest absolute Gasteiger partial charge is 0.478 e. The Kier molecular flexibility index (Phi) is 4.53. The molecule has 1 aromatic heterocycles. The highest BCUT2D eigenvalue weighted by molar-refractivity contribution is 7.12. The van der Waals surface area contributed by atoms with E-state index in [1.165, 1.54) is 29.5 Å². The molecule has 1 N–H and O–H groups in total. The molecule has 0 spiro atoms. The number of hydrogen-bond acceptors (Lipinski definition) is 4. The molecule has 2 heterocycles. The van der Waals surface area contributed by atoms with Crippen molar-refractivity contribution in [2.24, 2.45) is 0 Å². The molecule has 0 unspecified atom stereocenters. The Morgan fingerprint density at radius 1 is 1.17 bits per heavy atom. The number of carboxylic acids is 1. The Bertz CT molecular complexity index is 739. The molecule has 1 saturated heterocycles. The highest BCUT2D eigenvalue weighted by atomic mass is 32.1. The van der Waals surface area contributed by atoms with Crippen molar-refractivity contribution in [2.45, 2.75) is 18.4 Å². The van der Waals surface area contributed by atoms with Crippen LogP contribution in [0.2, 0.25) is 0 Å². The van der Waals surface area contributed by atoms with Gasteiger partial charge in [-0.3, -0.25) is 4.79 Å². The fourth-order valence-corrected chi connectivity index (χ4v) is 3.42. The van der Waals surface area contributed by atoms with Crippen molar-refractivity contribution in [1.29, 1.82) is 0 Å². The van der Waals surface area contributed by atoms with Gasteiger partial charge in [-0.2, -0.15) is 0 Å². The van der Waals surface area contributed by atoms with E-state index < -0.39 is 17.4 Å². The van der Waals surface area contributed by atoms with Crippen molar-refractivity contribution in [2.75, 3.05) is 13.1 Å². The standard InChI is InChI=1S/C17H16FNO4S/c18-12-4-1-2-5-13(12)23-17(16(21)22)7-9-19(10-8-17)15(20)14-6-3-11-24-14/h1-6,11H,7-10H2,(H,21,22). The molecule has 5 nitrogen and oxygen atoms in total. The number of rotatable bonds is 4. The first-order valence-electron chi connectivity index (χ1n) is 7.51. The number of para-hydroxylation sites is 1. The molecule has 1 aliphatic heterocycles. The number of carbonyl (C=O) groups is 2. The van der Waals surface area contributed by atoms with Crippen LogP contribution >= 0.6 is 11.3 Å². The monoisotopic (exact) mass is 349 g/mol. The summed E-state index contributed by atoms with van der Waals surface area (Å²) in [7, 11) is 0. The third-order valence-corrected chi connectivity index (χ3v) is 4.98. The first-order chi connectivity index (χ1) is 11.5. The van der Waals surface area contributed by atoms with Crippen LogP contribution in [-0.4, -0.2) is 40.6 Å². The molecule has 3 rings (SSSR count). The highest BCUT2D eigenvalue weighted by Crippen LogP contribution is 2.31. The lowest BCUT2D eigenvalue weighted by Gasteiger charge is -2.38. The summed E-state index contributed by atoms with van der Waals surface area (Å²) in [5, 5.41) is 11.4. The summed E-state index contributed by atoms with van der Waals surface area (Å²) >= 11 is 1.35.